The van der Waals surface area contributed by atoms with Gasteiger partial charge in [-0.15, -0.1) is 0 Å². The van der Waals surface area contributed by atoms with E-state index in [1.54, 1.807) is 0 Å². The topological polar surface area (TPSA) is 36.8 Å². The van der Waals surface area contributed by atoms with Gasteiger partial charge in [0.05, 0.1) is 0 Å². The van der Waals surface area contributed by atoms with Gasteiger partial charge in [-0.3, -0.25) is 0 Å². The molecule has 0 unspecified atom stereocenters. The van der Waals surface area contributed by atoms with E-state index in [4.69, 9.17) is 11.6 Å². The smallest absolute Gasteiger partial charge is 0.163 e. The SMILES string of the molecule is O[C@@](C[NH2+]Cc1ccccc1)(c1ccccc1)c1ccc(Cl)cc1. The fraction of sp³-hybridized carbons (Fsp3) is 0.143. The second-order valence-corrected chi connectivity index (χ2v) is 6.35. The molecule has 0 spiro atoms. The first-order valence-electron chi connectivity index (χ1n) is 8.08. The standard InChI is InChI=1S/C21H20ClNO/c22-20-13-11-19(12-14-20)21(24,18-9-5-2-6-10-18)16-23-15-17-7-3-1-4-8-17/h1-14,23-24H,15-16H2/p+1/t21-/m0/s1. The van der Waals surface area contributed by atoms with Crippen LogP contribution in [0, 0.1) is 0 Å². The molecule has 0 radical (unpaired) electrons. The number of halogens is 1. The summed E-state index contributed by atoms with van der Waals surface area (Å²) >= 11 is 6.00. The van der Waals surface area contributed by atoms with Crippen molar-refractivity contribution in [2.75, 3.05) is 6.54 Å². The zero-order valence-electron chi connectivity index (χ0n) is 13.4. The molecule has 0 aliphatic heterocycles. The minimum Gasteiger partial charge on any atom is -0.375 e. The van der Waals surface area contributed by atoms with Crippen LogP contribution in [0.3, 0.4) is 0 Å². The van der Waals surface area contributed by atoms with Crippen molar-refractivity contribution in [3.05, 3.63) is 107 Å². The van der Waals surface area contributed by atoms with Crippen LogP contribution in [0.25, 0.3) is 0 Å². The van der Waals surface area contributed by atoms with Gasteiger partial charge < -0.3 is 10.4 Å². The third kappa shape index (κ3) is 3.85. The lowest BCUT2D eigenvalue weighted by molar-refractivity contribution is -0.682. The summed E-state index contributed by atoms with van der Waals surface area (Å²) in [7, 11) is 0. The Kier molecular flexibility index (Phi) is 5.31. The van der Waals surface area contributed by atoms with Crippen LogP contribution in [0.5, 0.6) is 0 Å². The van der Waals surface area contributed by atoms with E-state index in [0.717, 1.165) is 17.7 Å². The maximum atomic E-state index is 11.4. The van der Waals surface area contributed by atoms with Crippen LogP contribution in [0.2, 0.25) is 5.02 Å². The molecule has 122 valence electrons. The summed E-state index contributed by atoms with van der Waals surface area (Å²) in [6.07, 6.45) is 0. The minimum atomic E-state index is -1.05. The predicted octanol–water partition coefficient (Wildman–Crippen LogP) is 3.34. The fourth-order valence-corrected chi connectivity index (χ4v) is 3.03. The summed E-state index contributed by atoms with van der Waals surface area (Å²) < 4.78 is 0. The molecule has 0 saturated heterocycles. The van der Waals surface area contributed by atoms with Gasteiger partial charge in [-0.05, 0) is 23.3 Å². The van der Waals surface area contributed by atoms with Gasteiger partial charge in [0.15, 0.2) is 5.60 Å². The fourth-order valence-electron chi connectivity index (χ4n) is 2.90. The molecule has 0 aliphatic carbocycles. The van der Waals surface area contributed by atoms with Gasteiger partial charge in [0.2, 0.25) is 0 Å². The average Bonchev–Trinajstić information content (AvgIpc) is 2.64. The van der Waals surface area contributed by atoms with Crippen LogP contribution in [-0.2, 0) is 12.1 Å². The summed E-state index contributed by atoms with van der Waals surface area (Å²) in [4.78, 5) is 0. The van der Waals surface area contributed by atoms with Crippen molar-refractivity contribution in [1.82, 2.24) is 0 Å². The second kappa shape index (κ2) is 7.63. The molecule has 3 rings (SSSR count). The number of hydrogen-bond donors (Lipinski definition) is 2. The van der Waals surface area contributed by atoms with E-state index >= 15 is 0 Å². The van der Waals surface area contributed by atoms with E-state index < -0.39 is 5.60 Å². The Labute approximate surface area is 147 Å². The van der Waals surface area contributed by atoms with Gasteiger partial charge in [-0.1, -0.05) is 84.4 Å². The Hall–Kier alpha value is -2.13. The molecule has 0 aliphatic rings. The molecule has 1 atom stereocenters. The zero-order chi connectivity index (χ0) is 16.8. The summed E-state index contributed by atoms with van der Waals surface area (Å²) in [5, 5.41) is 14.3. The molecule has 0 bridgehead atoms. The Morgan fingerprint density at radius 2 is 1.29 bits per heavy atom. The van der Waals surface area contributed by atoms with Gasteiger partial charge in [0.25, 0.3) is 0 Å². The van der Waals surface area contributed by atoms with Gasteiger partial charge in [-0.25, -0.2) is 0 Å². The quantitative estimate of drug-likeness (QED) is 0.710. The first kappa shape index (κ1) is 16.7. The molecule has 0 aromatic heterocycles. The van der Waals surface area contributed by atoms with Crippen molar-refractivity contribution in [1.29, 1.82) is 0 Å². The van der Waals surface area contributed by atoms with Crippen molar-refractivity contribution in [3.8, 4) is 0 Å². The molecular weight excluding hydrogens is 318 g/mol. The second-order valence-electron chi connectivity index (χ2n) is 5.92. The Morgan fingerprint density at radius 3 is 1.92 bits per heavy atom. The van der Waals surface area contributed by atoms with Crippen molar-refractivity contribution < 1.29 is 10.4 Å². The van der Waals surface area contributed by atoms with Gasteiger partial charge >= 0.3 is 0 Å². The summed E-state index contributed by atoms with van der Waals surface area (Å²) in [5.74, 6) is 0. The van der Waals surface area contributed by atoms with E-state index in [1.807, 2.05) is 72.8 Å². The van der Waals surface area contributed by atoms with Crippen LogP contribution in [0.15, 0.2) is 84.9 Å². The lowest BCUT2D eigenvalue weighted by Gasteiger charge is -2.27. The number of rotatable bonds is 6. The molecule has 0 saturated carbocycles. The largest absolute Gasteiger partial charge is 0.375 e. The van der Waals surface area contributed by atoms with Crippen molar-refractivity contribution in [3.63, 3.8) is 0 Å². The number of benzene rings is 3. The van der Waals surface area contributed by atoms with Crippen molar-refractivity contribution >= 4 is 11.6 Å². The molecule has 0 amide bonds. The maximum Gasteiger partial charge on any atom is 0.163 e. The molecule has 2 nitrogen and oxygen atoms in total. The molecule has 3 N–H and O–H groups in total. The third-order valence-corrected chi connectivity index (χ3v) is 4.49. The van der Waals surface area contributed by atoms with E-state index in [9.17, 15) is 5.11 Å². The highest BCUT2D eigenvalue weighted by Gasteiger charge is 2.33. The number of hydrogen-bond acceptors (Lipinski definition) is 1. The lowest BCUT2D eigenvalue weighted by atomic mass is 9.86. The molecule has 3 aromatic rings. The van der Waals surface area contributed by atoms with E-state index in [2.05, 4.69) is 17.4 Å². The van der Waals surface area contributed by atoms with Gasteiger partial charge in [0.1, 0.15) is 13.1 Å². The molecule has 3 aromatic carbocycles. The monoisotopic (exact) mass is 338 g/mol. The molecule has 0 fully saturated rings. The number of quaternary nitrogens is 1. The molecule has 0 heterocycles. The summed E-state index contributed by atoms with van der Waals surface area (Å²) in [5.41, 5.74) is 1.92. The maximum absolute atomic E-state index is 11.4. The Bertz CT molecular complexity index is 759. The molecule has 3 heteroatoms. The molecule has 24 heavy (non-hydrogen) atoms. The van der Waals surface area contributed by atoms with Crippen molar-refractivity contribution in [2.24, 2.45) is 0 Å². The van der Waals surface area contributed by atoms with Gasteiger partial charge in [-0.2, -0.15) is 0 Å². The lowest BCUT2D eigenvalue weighted by Crippen LogP contribution is -2.86. The highest BCUT2D eigenvalue weighted by molar-refractivity contribution is 6.30. The first-order valence-corrected chi connectivity index (χ1v) is 8.46. The van der Waals surface area contributed by atoms with Crippen LogP contribution in [0.1, 0.15) is 16.7 Å². The third-order valence-electron chi connectivity index (χ3n) is 4.24. The van der Waals surface area contributed by atoms with E-state index in [0.29, 0.717) is 11.6 Å². The number of nitrogens with two attached hydrogens (primary N) is 1. The first-order chi connectivity index (χ1) is 11.7. The normalized spacial score (nSPS) is 13.4. The summed E-state index contributed by atoms with van der Waals surface area (Å²) in [6, 6.07) is 27.5. The molecular formula is C21H21ClNO+. The minimum absolute atomic E-state index is 0.535. The zero-order valence-corrected chi connectivity index (χ0v) is 14.2. The van der Waals surface area contributed by atoms with Crippen LogP contribution < -0.4 is 5.32 Å². The highest BCUT2D eigenvalue weighted by atomic mass is 35.5. The van der Waals surface area contributed by atoms with Gasteiger partial charge in [0, 0.05) is 10.6 Å². The number of aliphatic hydroxyl groups is 1. The van der Waals surface area contributed by atoms with Crippen LogP contribution in [0.4, 0.5) is 0 Å². The summed E-state index contributed by atoms with van der Waals surface area (Å²) in [6.45, 7) is 1.36. The van der Waals surface area contributed by atoms with E-state index in [1.165, 1.54) is 5.56 Å². The van der Waals surface area contributed by atoms with Crippen LogP contribution >= 0.6 is 11.6 Å². The highest BCUT2D eigenvalue weighted by Crippen LogP contribution is 2.29. The Balaban J connectivity index is 1.83. The average molecular weight is 339 g/mol. The van der Waals surface area contributed by atoms with Crippen LogP contribution in [-0.4, -0.2) is 11.7 Å². The van der Waals surface area contributed by atoms with E-state index in [-0.39, 0.29) is 0 Å². The van der Waals surface area contributed by atoms with Crippen molar-refractivity contribution in [2.45, 2.75) is 12.1 Å². The predicted molar refractivity (Wildman–Crippen MR) is 97.8 cm³/mol. The Morgan fingerprint density at radius 1 is 0.750 bits per heavy atom.